The Morgan fingerprint density at radius 3 is 2.80 bits per heavy atom. The molecule has 1 aliphatic heterocycles. The zero-order valence-electron chi connectivity index (χ0n) is 10.4. The lowest BCUT2D eigenvalue weighted by Gasteiger charge is -2.10. The molecule has 0 bridgehead atoms. The van der Waals surface area contributed by atoms with Crippen LogP contribution in [0.25, 0.3) is 16.7 Å². The molecule has 2 heterocycles. The molecule has 102 valence electrons. The van der Waals surface area contributed by atoms with Crippen molar-refractivity contribution in [3.63, 3.8) is 0 Å². The van der Waals surface area contributed by atoms with Crippen molar-refractivity contribution in [2.24, 2.45) is 0 Å². The molecule has 1 aliphatic rings. The quantitative estimate of drug-likeness (QED) is 0.621. The lowest BCUT2D eigenvalue weighted by Crippen LogP contribution is -2.34. The van der Waals surface area contributed by atoms with Gasteiger partial charge in [-0.25, -0.2) is 0 Å². The molecule has 8 heteroatoms. The highest BCUT2D eigenvalue weighted by molar-refractivity contribution is 5.80. The fourth-order valence-corrected chi connectivity index (χ4v) is 1.92. The molecule has 0 amide bonds. The summed E-state index contributed by atoms with van der Waals surface area (Å²) in [5, 5.41) is 12.5. The Labute approximate surface area is 112 Å². The number of hydrazine groups is 2. The SMILES string of the molecule is CN1NC=C(c2cc(=O)c3cc([N+](=O)[O-])ccc3o2)N1. The number of nitrogens with one attached hydrogen (secondary N) is 2. The van der Waals surface area contributed by atoms with Gasteiger partial charge in [0, 0.05) is 31.4 Å². The summed E-state index contributed by atoms with van der Waals surface area (Å²) >= 11 is 0. The Balaban J connectivity index is 2.14. The average molecular weight is 274 g/mol. The fraction of sp³-hybridized carbons (Fsp3) is 0.0833. The molecule has 0 fully saturated rings. The van der Waals surface area contributed by atoms with Crippen molar-refractivity contribution in [1.82, 2.24) is 16.0 Å². The lowest BCUT2D eigenvalue weighted by molar-refractivity contribution is -0.384. The first kappa shape index (κ1) is 12.2. The lowest BCUT2D eigenvalue weighted by atomic mass is 10.2. The highest BCUT2D eigenvalue weighted by atomic mass is 16.6. The number of non-ortho nitro benzene ring substituents is 1. The van der Waals surface area contributed by atoms with Crippen LogP contribution in [0.4, 0.5) is 5.69 Å². The maximum absolute atomic E-state index is 12.0. The Morgan fingerprint density at radius 2 is 2.15 bits per heavy atom. The predicted molar refractivity (Wildman–Crippen MR) is 71.1 cm³/mol. The van der Waals surface area contributed by atoms with Crippen LogP contribution >= 0.6 is 0 Å². The van der Waals surface area contributed by atoms with E-state index in [1.165, 1.54) is 24.3 Å². The van der Waals surface area contributed by atoms with Gasteiger partial charge < -0.3 is 9.84 Å². The molecule has 0 radical (unpaired) electrons. The van der Waals surface area contributed by atoms with E-state index >= 15 is 0 Å². The van der Waals surface area contributed by atoms with Gasteiger partial charge in [-0.15, -0.1) is 5.12 Å². The molecular weight excluding hydrogens is 264 g/mol. The molecular formula is C12H10N4O4. The van der Waals surface area contributed by atoms with Gasteiger partial charge in [-0.1, -0.05) is 0 Å². The van der Waals surface area contributed by atoms with Crippen LogP contribution in [-0.2, 0) is 0 Å². The monoisotopic (exact) mass is 274 g/mol. The third-order valence-corrected chi connectivity index (χ3v) is 2.88. The molecule has 0 atom stereocenters. The summed E-state index contributed by atoms with van der Waals surface area (Å²) in [6.45, 7) is 0. The average Bonchev–Trinajstić information content (AvgIpc) is 2.85. The smallest absolute Gasteiger partial charge is 0.270 e. The van der Waals surface area contributed by atoms with Crippen LogP contribution in [0.15, 0.2) is 39.7 Å². The normalized spacial score (nSPS) is 14.8. The van der Waals surface area contributed by atoms with Gasteiger partial charge in [0.2, 0.25) is 0 Å². The second-order valence-electron chi connectivity index (χ2n) is 4.27. The first-order valence-corrected chi connectivity index (χ1v) is 5.74. The van der Waals surface area contributed by atoms with Crippen molar-refractivity contribution in [2.75, 3.05) is 7.05 Å². The molecule has 0 aliphatic carbocycles. The zero-order chi connectivity index (χ0) is 14.3. The van der Waals surface area contributed by atoms with Gasteiger partial charge in [0.25, 0.3) is 5.69 Å². The molecule has 2 aromatic rings. The van der Waals surface area contributed by atoms with Gasteiger partial charge >= 0.3 is 0 Å². The number of fused-ring (bicyclic) bond motifs is 1. The van der Waals surface area contributed by atoms with Crippen LogP contribution in [0.1, 0.15) is 5.76 Å². The van der Waals surface area contributed by atoms with Gasteiger partial charge in [0.05, 0.1) is 10.3 Å². The van der Waals surface area contributed by atoms with E-state index in [-0.39, 0.29) is 16.5 Å². The number of rotatable bonds is 2. The molecule has 1 aromatic heterocycles. The van der Waals surface area contributed by atoms with Crippen LogP contribution in [0.5, 0.6) is 0 Å². The van der Waals surface area contributed by atoms with E-state index in [1.54, 1.807) is 18.4 Å². The molecule has 8 nitrogen and oxygen atoms in total. The van der Waals surface area contributed by atoms with Crippen LogP contribution in [-0.4, -0.2) is 17.1 Å². The van der Waals surface area contributed by atoms with Crippen LogP contribution in [0, 0.1) is 10.1 Å². The van der Waals surface area contributed by atoms with Crippen LogP contribution in [0.2, 0.25) is 0 Å². The van der Waals surface area contributed by atoms with Gasteiger partial charge in [-0.05, 0) is 6.07 Å². The summed E-state index contributed by atoms with van der Waals surface area (Å²) in [6, 6.07) is 5.23. The first-order valence-electron chi connectivity index (χ1n) is 5.74. The second kappa shape index (κ2) is 4.35. The van der Waals surface area contributed by atoms with Gasteiger partial charge in [0.1, 0.15) is 11.3 Å². The molecule has 0 spiro atoms. The Bertz CT molecular complexity index is 796. The number of hydrogen-bond acceptors (Lipinski definition) is 7. The largest absolute Gasteiger partial charge is 0.454 e. The van der Waals surface area contributed by atoms with Crippen LogP contribution in [0.3, 0.4) is 0 Å². The van der Waals surface area contributed by atoms with E-state index in [1.807, 2.05) is 0 Å². The molecule has 1 aromatic carbocycles. The number of nitro benzene ring substituents is 1. The van der Waals surface area contributed by atoms with Crippen LogP contribution < -0.4 is 16.3 Å². The predicted octanol–water partition coefficient (Wildman–Crippen LogP) is 0.954. The fourth-order valence-electron chi connectivity index (χ4n) is 1.92. The van der Waals surface area contributed by atoms with Gasteiger partial charge in [0.15, 0.2) is 11.2 Å². The third-order valence-electron chi connectivity index (χ3n) is 2.88. The van der Waals surface area contributed by atoms with Crippen molar-refractivity contribution >= 4 is 22.4 Å². The molecule has 0 saturated carbocycles. The Kier molecular flexibility index (Phi) is 2.65. The zero-order valence-corrected chi connectivity index (χ0v) is 10.4. The maximum atomic E-state index is 12.0. The van der Waals surface area contributed by atoms with Gasteiger partial charge in [-0.3, -0.25) is 20.3 Å². The van der Waals surface area contributed by atoms with Crippen molar-refractivity contribution in [3.8, 4) is 0 Å². The molecule has 20 heavy (non-hydrogen) atoms. The summed E-state index contributed by atoms with van der Waals surface area (Å²) < 4.78 is 5.59. The van der Waals surface area contributed by atoms with Crippen molar-refractivity contribution in [1.29, 1.82) is 0 Å². The minimum atomic E-state index is -0.549. The van der Waals surface area contributed by atoms with E-state index in [2.05, 4.69) is 10.9 Å². The number of nitrogens with zero attached hydrogens (tertiary/aromatic N) is 2. The van der Waals surface area contributed by atoms with E-state index in [9.17, 15) is 14.9 Å². The topological polar surface area (TPSA) is 101 Å². The number of benzene rings is 1. The minimum absolute atomic E-state index is 0.142. The summed E-state index contributed by atoms with van der Waals surface area (Å²) in [5.74, 6) is 0.355. The standard InChI is InChI=1S/C12H10N4O4/c1-15-13-6-9(14-15)12-5-10(17)8-4-7(16(18)19)2-3-11(8)20-12/h2-6,13-14H,1H3. The van der Waals surface area contributed by atoms with E-state index in [4.69, 9.17) is 4.42 Å². The minimum Gasteiger partial charge on any atom is -0.454 e. The highest BCUT2D eigenvalue weighted by Gasteiger charge is 2.16. The molecule has 3 rings (SSSR count). The van der Waals surface area contributed by atoms with Crippen molar-refractivity contribution in [3.05, 3.63) is 56.6 Å². The van der Waals surface area contributed by atoms with E-state index in [0.29, 0.717) is 17.0 Å². The molecule has 2 N–H and O–H groups in total. The summed E-state index contributed by atoms with van der Waals surface area (Å²) in [6.07, 6.45) is 1.65. The number of hydrogen-bond donors (Lipinski definition) is 2. The highest BCUT2D eigenvalue weighted by Crippen LogP contribution is 2.22. The molecule has 0 unspecified atom stereocenters. The number of nitro groups is 1. The Morgan fingerprint density at radius 1 is 1.35 bits per heavy atom. The van der Waals surface area contributed by atoms with Crippen molar-refractivity contribution in [2.45, 2.75) is 0 Å². The molecule has 0 saturated heterocycles. The summed E-state index contributed by atoms with van der Waals surface area (Å²) in [5.41, 5.74) is 6.23. The summed E-state index contributed by atoms with van der Waals surface area (Å²) in [4.78, 5) is 22.2. The third kappa shape index (κ3) is 1.97. The summed E-state index contributed by atoms with van der Waals surface area (Å²) in [7, 11) is 1.76. The van der Waals surface area contributed by atoms with E-state index < -0.39 is 4.92 Å². The maximum Gasteiger partial charge on any atom is 0.270 e. The van der Waals surface area contributed by atoms with Gasteiger partial charge in [-0.2, -0.15) is 0 Å². The Hall–Kier alpha value is -2.87. The van der Waals surface area contributed by atoms with E-state index in [0.717, 1.165) is 0 Å². The van der Waals surface area contributed by atoms with Crippen molar-refractivity contribution < 1.29 is 9.34 Å². The first-order chi connectivity index (χ1) is 9.54. The second-order valence-corrected chi connectivity index (χ2v) is 4.27.